The molecule has 15 heavy (non-hydrogen) atoms. The maximum Gasteiger partial charge on any atom is 0.410 e. The van der Waals surface area contributed by atoms with Gasteiger partial charge in [0.2, 0.25) is 0 Å². The number of rotatable bonds is 2. The van der Waals surface area contributed by atoms with Gasteiger partial charge in [-0.3, -0.25) is 4.79 Å². The minimum atomic E-state index is -0.795. The van der Waals surface area contributed by atoms with Crippen LogP contribution in [0.3, 0.4) is 0 Å². The van der Waals surface area contributed by atoms with E-state index in [1.165, 1.54) is 0 Å². The van der Waals surface area contributed by atoms with E-state index in [4.69, 9.17) is 9.84 Å². The van der Waals surface area contributed by atoms with Gasteiger partial charge in [-0.15, -0.1) is 0 Å². The Kier molecular flexibility index (Phi) is 2.54. The van der Waals surface area contributed by atoms with Crippen molar-refractivity contribution >= 4 is 12.1 Å². The summed E-state index contributed by atoms with van der Waals surface area (Å²) >= 11 is 0. The Balaban J connectivity index is 2.09. The van der Waals surface area contributed by atoms with E-state index in [0.717, 1.165) is 12.8 Å². The fraction of sp³-hybridized carbons (Fsp3) is 0.800. The summed E-state index contributed by atoms with van der Waals surface area (Å²) in [4.78, 5) is 24.2. The van der Waals surface area contributed by atoms with Gasteiger partial charge in [-0.05, 0) is 26.2 Å². The van der Waals surface area contributed by atoms with Crippen molar-refractivity contribution in [1.82, 2.24) is 4.90 Å². The molecule has 0 aromatic heterocycles. The van der Waals surface area contributed by atoms with Crippen LogP contribution in [0.15, 0.2) is 0 Å². The summed E-state index contributed by atoms with van der Waals surface area (Å²) in [6.45, 7) is 2.09. The predicted molar refractivity (Wildman–Crippen MR) is 51.4 cm³/mol. The molecule has 2 aliphatic rings. The van der Waals surface area contributed by atoms with E-state index in [9.17, 15) is 9.59 Å². The second-order valence-corrected chi connectivity index (χ2v) is 4.09. The first-order valence-corrected chi connectivity index (χ1v) is 5.33. The molecule has 2 rings (SSSR count). The number of carboxylic acids is 1. The lowest BCUT2D eigenvalue weighted by Crippen LogP contribution is -2.38. The number of carbonyl (C=O) groups is 2. The van der Waals surface area contributed by atoms with Crippen LogP contribution < -0.4 is 0 Å². The largest absolute Gasteiger partial charge is 0.481 e. The summed E-state index contributed by atoms with van der Waals surface area (Å²) in [5, 5.41) is 8.99. The summed E-state index contributed by atoms with van der Waals surface area (Å²) < 4.78 is 4.93. The van der Waals surface area contributed by atoms with Gasteiger partial charge < -0.3 is 14.7 Å². The van der Waals surface area contributed by atoms with Crippen molar-refractivity contribution in [3.8, 4) is 0 Å². The van der Waals surface area contributed by atoms with Crippen molar-refractivity contribution in [2.75, 3.05) is 6.61 Å². The molecule has 0 aromatic rings. The van der Waals surface area contributed by atoms with E-state index in [-0.39, 0.29) is 18.2 Å². The number of carbonyl (C=O) groups excluding carboxylic acids is 1. The van der Waals surface area contributed by atoms with Crippen LogP contribution in [-0.2, 0) is 9.53 Å². The van der Waals surface area contributed by atoms with Crippen molar-refractivity contribution in [3.05, 3.63) is 0 Å². The smallest absolute Gasteiger partial charge is 0.410 e. The zero-order valence-corrected chi connectivity index (χ0v) is 8.68. The number of carboxylic acid groups (broad SMARTS) is 1. The second kappa shape index (κ2) is 3.72. The van der Waals surface area contributed by atoms with Gasteiger partial charge in [-0.1, -0.05) is 0 Å². The normalized spacial score (nSPS) is 33.1. The maximum absolute atomic E-state index is 11.6. The molecule has 2 aliphatic heterocycles. The SMILES string of the molecule is CCOC(=O)N1[C@@H]2CC[C@H]1[C@@H](C(=O)O)C2. The van der Waals surface area contributed by atoms with Crippen LogP contribution in [0.2, 0.25) is 0 Å². The molecule has 5 heteroatoms. The first-order chi connectivity index (χ1) is 7.15. The highest BCUT2D eigenvalue weighted by Crippen LogP contribution is 2.42. The monoisotopic (exact) mass is 213 g/mol. The lowest BCUT2D eigenvalue weighted by molar-refractivity contribution is -0.142. The molecule has 2 bridgehead atoms. The Morgan fingerprint density at radius 2 is 2.20 bits per heavy atom. The van der Waals surface area contributed by atoms with E-state index in [1.54, 1.807) is 11.8 Å². The lowest BCUT2D eigenvalue weighted by Gasteiger charge is -2.21. The summed E-state index contributed by atoms with van der Waals surface area (Å²) in [7, 11) is 0. The van der Waals surface area contributed by atoms with Crippen LogP contribution in [0.25, 0.3) is 0 Å². The maximum atomic E-state index is 11.6. The van der Waals surface area contributed by atoms with E-state index >= 15 is 0 Å². The van der Waals surface area contributed by atoms with E-state index < -0.39 is 11.9 Å². The molecule has 2 heterocycles. The minimum Gasteiger partial charge on any atom is -0.481 e. The standard InChI is InChI=1S/C10H15NO4/c1-2-15-10(14)11-6-3-4-8(11)7(5-6)9(12)13/h6-8H,2-5H2,1H3,(H,12,13)/t6-,7+,8+/m1/s1. The van der Waals surface area contributed by atoms with E-state index in [2.05, 4.69) is 0 Å². The molecular weight excluding hydrogens is 198 g/mol. The fourth-order valence-corrected chi connectivity index (χ4v) is 2.74. The molecule has 1 amide bonds. The third-order valence-corrected chi connectivity index (χ3v) is 3.33. The second-order valence-electron chi connectivity index (χ2n) is 4.09. The highest BCUT2D eigenvalue weighted by molar-refractivity contribution is 5.76. The number of hydrogen-bond donors (Lipinski definition) is 1. The van der Waals surface area contributed by atoms with Crippen molar-refractivity contribution in [2.45, 2.75) is 38.3 Å². The van der Waals surface area contributed by atoms with E-state index in [1.807, 2.05) is 0 Å². The number of amides is 1. The summed E-state index contributed by atoms with van der Waals surface area (Å²) in [5.41, 5.74) is 0. The molecule has 0 saturated carbocycles. The molecule has 84 valence electrons. The Morgan fingerprint density at radius 1 is 1.47 bits per heavy atom. The Labute approximate surface area is 88.0 Å². The molecule has 0 radical (unpaired) electrons. The minimum absolute atomic E-state index is 0.0788. The Morgan fingerprint density at radius 3 is 2.73 bits per heavy atom. The van der Waals surface area contributed by atoms with Gasteiger partial charge in [0, 0.05) is 12.1 Å². The van der Waals surface area contributed by atoms with Crippen LogP contribution in [0.4, 0.5) is 4.79 Å². The van der Waals surface area contributed by atoms with Crippen LogP contribution in [-0.4, -0.2) is 40.8 Å². The first kappa shape index (κ1) is 10.3. The molecule has 2 fully saturated rings. The van der Waals surface area contributed by atoms with Gasteiger partial charge >= 0.3 is 12.1 Å². The highest BCUT2D eigenvalue weighted by Gasteiger charge is 2.51. The zero-order chi connectivity index (χ0) is 11.0. The van der Waals surface area contributed by atoms with Crippen molar-refractivity contribution in [2.24, 2.45) is 5.92 Å². The van der Waals surface area contributed by atoms with Crippen LogP contribution in [0.1, 0.15) is 26.2 Å². The topological polar surface area (TPSA) is 66.8 Å². The van der Waals surface area contributed by atoms with Gasteiger partial charge in [0.25, 0.3) is 0 Å². The quantitative estimate of drug-likeness (QED) is 0.745. The van der Waals surface area contributed by atoms with Crippen molar-refractivity contribution in [1.29, 1.82) is 0 Å². The third kappa shape index (κ3) is 1.56. The number of nitrogens with zero attached hydrogens (tertiary/aromatic N) is 1. The Bertz CT molecular complexity index is 291. The van der Waals surface area contributed by atoms with Crippen molar-refractivity contribution in [3.63, 3.8) is 0 Å². The summed E-state index contributed by atoms with van der Waals surface area (Å²) in [6.07, 6.45) is 1.93. The molecule has 3 atom stereocenters. The summed E-state index contributed by atoms with van der Waals surface area (Å²) in [6, 6.07) is -0.0679. The van der Waals surface area contributed by atoms with Gasteiger partial charge in [0.15, 0.2) is 0 Å². The zero-order valence-electron chi connectivity index (χ0n) is 8.68. The number of fused-ring (bicyclic) bond motifs is 2. The van der Waals surface area contributed by atoms with Crippen LogP contribution in [0, 0.1) is 5.92 Å². The number of hydrogen-bond acceptors (Lipinski definition) is 3. The highest BCUT2D eigenvalue weighted by atomic mass is 16.6. The summed E-state index contributed by atoms with van der Waals surface area (Å²) in [5.74, 6) is -1.19. The lowest BCUT2D eigenvalue weighted by atomic mass is 9.89. The molecule has 5 nitrogen and oxygen atoms in total. The van der Waals surface area contributed by atoms with Crippen molar-refractivity contribution < 1.29 is 19.4 Å². The van der Waals surface area contributed by atoms with Crippen LogP contribution in [0.5, 0.6) is 0 Å². The molecule has 0 spiro atoms. The average Bonchev–Trinajstić information content (AvgIpc) is 2.74. The molecule has 0 unspecified atom stereocenters. The van der Waals surface area contributed by atoms with Gasteiger partial charge in [-0.2, -0.15) is 0 Å². The van der Waals surface area contributed by atoms with Gasteiger partial charge in [0.1, 0.15) is 0 Å². The molecule has 0 aliphatic carbocycles. The number of ether oxygens (including phenoxy) is 1. The molecule has 0 aromatic carbocycles. The van der Waals surface area contributed by atoms with Gasteiger partial charge in [-0.25, -0.2) is 4.79 Å². The Hall–Kier alpha value is -1.26. The molecular formula is C10H15NO4. The average molecular weight is 213 g/mol. The third-order valence-electron chi connectivity index (χ3n) is 3.33. The first-order valence-electron chi connectivity index (χ1n) is 5.33. The van der Waals surface area contributed by atoms with Crippen LogP contribution >= 0.6 is 0 Å². The number of aliphatic carboxylic acids is 1. The predicted octanol–water partition coefficient (Wildman–Crippen LogP) is 1.08. The molecule has 2 saturated heterocycles. The molecule has 1 N–H and O–H groups in total. The van der Waals surface area contributed by atoms with E-state index in [0.29, 0.717) is 13.0 Å². The van der Waals surface area contributed by atoms with Gasteiger partial charge in [0.05, 0.1) is 12.5 Å². The fourth-order valence-electron chi connectivity index (χ4n) is 2.74.